The minimum atomic E-state index is -0.114. The van der Waals surface area contributed by atoms with Gasteiger partial charge in [0, 0.05) is 29.6 Å². The van der Waals surface area contributed by atoms with Gasteiger partial charge in [-0.1, -0.05) is 18.2 Å². The summed E-state index contributed by atoms with van der Waals surface area (Å²) >= 11 is 1.70. The highest BCUT2D eigenvalue weighted by molar-refractivity contribution is 7.17. The Morgan fingerprint density at radius 2 is 2.17 bits per heavy atom. The van der Waals surface area contributed by atoms with Crippen LogP contribution in [0.3, 0.4) is 0 Å². The number of pyridine rings is 1. The van der Waals surface area contributed by atoms with Crippen LogP contribution in [0.25, 0.3) is 32.4 Å². The van der Waals surface area contributed by atoms with Gasteiger partial charge in [0.1, 0.15) is 5.69 Å². The molecule has 114 valence electrons. The van der Waals surface area contributed by atoms with E-state index >= 15 is 0 Å². The van der Waals surface area contributed by atoms with E-state index in [-0.39, 0.29) is 5.91 Å². The van der Waals surface area contributed by atoms with Gasteiger partial charge in [0.2, 0.25) is 5.91 Å². The summed E-state index contributed by atoms with van der Waals surface area (Å²) in [5, 5.41) is 11.7. The summed E-state index contributed by atoms with van der Waals surface area (Å²) in [6, 6.07) is 10.2. The number of carbonyl (C=O) groups excluding carboxylic acids is 1. The molecule has 0 aliphatic rings. The molecule has 0 unspecified atom stereocenters. The Morgan fingerprint density at radius 3 is 3.00 bits per heavy atom. The second-order valence-corrected chi connectivity index (χ2v) is 6.31. The van der Waals surface area contributed by atoms with Crippen LogP contribution in [0.1, 0.15) is 6.92 Å². The highest BCUT2D eigenvalue weighted by atomic mass is 32.1. The average molecular weight is 322 g/mol. The number of nitrogens with one attached hydrogen (secondary N) is 1. The van der Waals surface area contributed by atoms with Crippen LogP contribution in [-0.2, 0) is 11.8 Å². The van der Waals surface area contributed by atoms with E-state index in [9.17, 15) is 4.79 Å². The molecule has 1 aromatic carbocycles. The van der Waals surface area contributed by atoms with E-state index in [1.807, 2.05) is 19.2 Å². The van der Waals surface area contributed by atoms with Crippen LogP contribution in [0.2, 0.25) is 0 Å². The molecule has 0 fully saturated rings. The van der Waals surface area contributed by atoms with Crippen molar-refractivity contribution in [1.29, 1.82) is 0 Å². The second kappa shape index (κ2) is 5.17. The molecule has 0 saturated carbocycles. The van der Waals surface area contributed by atoms with Crippen molar-refractivity contribution in [3.05, 3.63) is 41.9 Å². The quantitative estimate of drug-likeness (QED) is 0.610. The molecule has 0 spiro atoms. The van der Waals surface area contributed by atoms with Crippen molar-refractivity contribution in [2.24, 2.45) is 7.05 Å². The third-order valence-electron chi connectivity index (χ3n) is 3.73. The first-order valence-corrected chi connectivity index (χ1v) is 8.08. The Labute approximate surface area is 136 Å². The molecule has 23 heavy (non-hydrogen) atoms. The molecule has 0 bridgehead atoms. The number of nitrogens with zero attached hydrogens (tertiary/aromatic N) is 3. The summed E-state index contributed by atoms with van der Waals surface area (Å²) in [5.74, 6) is -0.114. The molecule has 4 rings (SSSR count). The number of aryl methyl sites for hydroxylation is 1. The molecule has 5 nitrogen and oxygen atoms in total. The van der Waals surface area contributed by atoms with Gasteiger partial charge < -0.3 is 5.32 Å². The van der Waals surface area contributed by atoms with Gasteiger partial charge in [-0.3, -0.25) is 4.79 Å². The number of amides is 1. The van der Waals surface area contributed by atoms with E-state index in [0.29, 0.717) is 5.69 Å². The van der Waals surface area contributed by atoms with Crippen LogP contribution < -0.4 is 5.32 Å². The van der Waals surface area contributed by atoms with Crippen LogP contribution in [0.4, 0.5) is 5.69 Å². The number of hydrogen-bond acceptors (Lipinski definition) is 4. The summed E-state index contributed by atoms with van der Waals surface area (Å²) in [4.78, 5) is 15.7. The molecule has 3 aromatic heterocycles. The molecule has 4 aromatic rings. The van der Waals surface area contributed by atoms with Gasteiger partial charge in [0.25, 0.3) is 0 Å². The fourth-order valence-electron chi connectivity index (χ4n) is 2.79. The lowest BCUT2D eigenvalue weighted by Crippen LogP contribution is -2.05. The van der Waals surface area contributed by atoms with E-state index < -0.39 is 0 Å². The molecule has 0 aliphatic heterocycles. The number of anilines is 1. The molecular weight excluding hydrogens is 308 g/mol. The first kappa shape index (κ1) is 13.9. The van der Waals surface area contributed by atoms with Crippen molar-refractivity contribution in [3.63, 3.8) is 0 Å². The Kier molecular flexibility index (Phi) is 3.12. The van der Waals surface area contributed by atoms with Crippen LogP contribution in [0.15, 0.2) is 41.9 Å². The minimum absolute atomic E-state index is 0.114. The summed E-state index contributed by atoms with van der Waals surface area (Å²) in [5.41, 5.74) is 3.44. The molecular formula is C17H14N4OS. The van der Waals surface area contributed by atoms with Crippen molar-refractivity contribution in [1.82, 2.24) is 14.8 Å². The maximum Gasteiger partial charge on any atom is 0.221 e. The highest BCUT2D eigenvalue weighted by Gasteiger charge is 2.15. The topological polar surface area (TPSA) is 59.8 Å². The zero-order valence-corrected chi connectivity index (χ0v) is 13.5. The van der Waals surface area contributed by atoms with Crippen LogP contribution >= 0.6 is 11.3 Å². The first-order valence-electron chi connectivity index (χ1n) is 7.20. The number of aromatic nitrogens is 3. The lowest BCUT2D eigenvalue weighted by Gasteiger charge is -2.03. The van der Waals surface area contributed by atoms with Crippen LogP contribution in [0.5, 0.6) is 0 Å². The standard InChI is InChI=1S/C17H14N4OS/c1-10(22)19-12-8-14-15(20-21(2)17(14)18-9-12)13-5-3-4-11-6-7-23-16(11)13/h3-9H,1-2H3,(H,19,22). The maximum absolute atomic E-state index is 11.3. The third kappa shape index (κ3) is 2.27. The van der Waals surface area contributed by atoms with Gasteiger partial charge in [0.05, 0.1) is 11.9 Å². The smallest absolute Gasteiger partial charge is 0.221 e. The van der Waals surface area contributed by atoms with E-state index in [2.05, 4.69) is 39.0 Å². The second-order valence-electron chi connectivity index (χ2n) is 5.39. The first-order chi connectivity index (χ1) is 11.1. The number of hydrogen-bond donors (Lipinski definition) is 1. The van der Waals surface area contributed by atoms with Gasteiger partial charge in [0.15, 0.2) is 5.65 Å². The van der Waals surface area contributed by atoms with Crippen molar-refractivity contribution >= 4 is 44.1 Å². The average Bonchev–Trinajstić information content (AvgIpc) is 3.11. The zero-order chi connectivity index (χ0) is 16.0. The largest absolute Gasteiger partial charge is 0.325 e. The molecule has 0 saturated heterocycles. The van der Waals surface area contributed by atoms with Gasteiger partial charge in [-0.15, -0.1) is 11.3 Å². The minimum Gasteiger partial charge on any atom is -0.325 e. The SMILES string of the molecule is CC(=O)Nc1cnc2c(c1)c(-c1cccc3ccsc13)nn2C. The Bertz CT molecular complexity index is 1050. The number of benzene rings is 1. The van der Waals surface area contributed by atoms with Gasteiger partial charge in [-0.05, 0) is 22.9 Å². The van der Waals surface area contributed by atoms with Crippen molar-refractivity contribution in [2.75, 3.05) is 5.32 Å². The lowest BCUT2D eigenvalue weighted by molar-refractivity contribution is -0.114. The summed E-state index contributed by atoms with van der Waals surface area (Å²) in [6.45, 7) is 1.49. The predicted octanol–water partition coefficient (Wildman–Crippen LogP) is 3.81. The van der Waals surface area contributed by atoms with Gasteiger partial charge in [-0.2, -0.15) is 5.10 Å². The van der Waals surface area contributed by atoms with E-state index in [1.165, 1.54) is 17.0 Å². The fourth-order valence-corrected chi connectivity index (χ4v) is 3.71. The molecule has 3 heterocycles. The summed E-state index contributed by atoms with van der Waals surface area (Å²) in [6.07, 6.45) is 1.65. The molecule has 1 amide bonds. The van der Waals surface area contributed by atoms with Crippen molar-refractivity contribution in [2.45, 2.75) is 6.92 Å². The molecule has 0 atom stereocenters. The molecule has 1 N–H and O–H groups in total. The van der Waals surface area contributed by atoms with E-state index in [0.717, 1.165) is 22.3 Å². The highest BCUT2D eigenvalue weighted by Crippen LogP contribution is 2.35. The lowest BCUT2D eigenvalue weighted by atomic mass is 10.1. The Balaban J connectivity index is 1.99. The van der Waals surface area contributed by atoms with E-state index in [4.69, 9.17) is 0 Å². The predicted molar refractivity (Wildman–Crippen MR) is 93.6 cm³/mol. The van der Waals surface area contributed by atoms with E-state index in [1.54, 1.807) is 22.2 Å². The number of thiophene rings is 1. The molecule has 6 heteroatoms. The van der Waals surface area contributed by atoms with Gasteiger partial charge >= 0.3 is 0 Å². The fraction of sp³-hybridized carbons (Fsp3) is 0.118. The summed E-state index contributed by atoms with van der Waals surface area (Å²) < 4.78 is 2.98. The van der Waals surface area contributed by atoms with Gasteiger partial charge in [-0.25, -0.2) is 9.67 Å². The van der Waals surface area contributed by atoms with Crippen molar-refractivity contribution in [3.8, 4) is 11.3 Å². The zero-order valence-electron chi connectivity index (χ0n) is 12.7. The third-order valence-corrected chi connectivity index (χ3v) is 4.70. The Hall–Kier alpha value is -2.73. The van der Waals surface area contributed by atoms with Crippen molar-refractivity contribution < 1.29 is 4.79 Å². The number of rotatable bonds is 2. The number of fused-ring (bicyclic) bond motifs is 2. The maximum atomic E-state index is 11.3. The van der Waals surface area contributed by atoms with Crippen LogP contribution in [-0.4, -0.2) is 20.7 Å². The molecule has 0 radical (unpaired) electrons. The van der Waals surface area contributed by atoms with Crippen LogP contribution in [0, 0.1) is 0 Å². The molecule has 0 aliphatic carbocycles. The number of carbonyl (C=O) groups is 1. The monoisotopic (exact) mass is 322 g/mol. The summed E-state index contributed by atoms with van der Waals surface area (Å²) in [7, 11) is 1.88. The Morgan fingerprint density at radius 1 is 1.30 bits per heavy atom. The normalized spacial score (nSPS) is 11.2.